The topological polar surface area (TPSA) is 47.6 Å². The molecule has 8 heteroatoms. The largest absolute Gasteiger partial charge is 0.275 e. The van der Waals surface area contributed by atoms with Gasteiger partial charge in [-0.05, 0) is 16.7 Å². The fraction of sp³-hybridized carbons (Fsp3) is 0.231. The van der Waals surface area contributed by atoms with Gasteiger partial charge in [0.15, 0.2) is 11.1 Å². The Labute approximate surface area is 204 Å². The van der Waals surface area contributed by atoms with Crippen molar-refractivity contribution in [2.75, 3.05) is 0 Å². The Morgan fingerprint density at radius 2 is 1.03 bits per heavy atom. The van der Waals surface area contributed by atoms with Gasteiger partial charge >= 0.3 is 0 Å². The lowest BCUT2D eigenvalue weighted by atomic mass is 9.49. The smallest absolute Gasteiger partial charge is 0.233 e. The van der Waals surface area contributed by atoms with Crippen LogP contribution in [0, 0.1) is 28.1 Å². The van der Waals surface area contributed by atoms with Crippen molar-refractivity contribution in [3.63, 3.8) is 0 Å². The maximum absolute atomic E-state index is 17.4. The molecule has 0 amide bonds. The van der Waals surface area contributed by atoms with E-state index < -0.39 is 44.1 Å². The maximum atomic E-state index is 17.4. The number of alkyl halides is 6. The van der Waals surface area contributed by atoms with Gasteiger partial charge in [0.1, 0.15) is 0 Å². The molecule has 1 aliphatic carbocycles. The Morgan fingerprint density at radius 1 is 0.618 bits per heavy atom. The summed E-state index contributed by atoms with van der Waals surface area (Å²) in [6.45, 7) is 0. The third-order valence-corrected chi connectivity index (χ3v) is 7.66. The molecule has 5 atom stereocenters. The van der Waals surface area contributed by atoms with Crippen LogP contribution in [0.3, 0.4) is 0 Å². The van der Waals surface area contributed by atoms with Crippen molar-refractivity contribution in [1.29, 1.82) is 10.5 Å². The van der Waals surface area contributed by atoms with Crippen LogP contribution < -0.4 is 0 Å². The monoisotopic (exact) mass is 502 g/mol. The van der Waals surface area contributed by atoms with E-state index in [1.54, 1.807) is 6.07 Å². The van der Waals surface area contributed by atoms with Crippen LogP contribution in [0.25, 0.3) is 0 Å². The van der Waals surface area contributed by atoms with Crippen LogP contribution in [0.5, 0.6) is 0 Å². The van der Waals surface area contributed by atoms with Gasteiger partial charge < -0.3 is 0 Å². The molecule has 0 radical (unpaired) electrons. The van der Waals surface area contributed by atoms with Crippen LogP contribution in [0.2, 0.25) is 0 Å². The Bertz CT molecular complexity index is 1260. The molecule has 3 aromatic carbocycles. The number of halogens is 6. The summed E-state index contributed by atoms with van der Waals surface area (Å²) in [5.41, 5.74) is -12.0. The van der Waals surface area contributed by atoms with Crippen molar-refractivity contribution in [3.05, 3.63) is 108 Å². The van der Waals surface area contributed by atoms with Gasteiger partial charge in [0.05, 0.1) is 18.1 Å². The van der Waals surface area contributed by atoms with Crippen LogP contribution in [-0.4, -0.2) is 10.3 Å². The number of nitrogens with zero attached hydrogens (tertiary/aromatic N) is 2. The molecule has 0 heterocycles. The molecule has 0 N–H and O–H groups in total. The molecule has 1 saturated carbocycles. The number of hydrogen-bond donors (Lipinski definition) is 0. The van der Waals surface area contributed by atoms with Gasteiger partial charge in [-0.25, -0.2) is 17.6 Å². The highest BCUT2D eigenvalue weighted by atomic mass is 35.5. The van der Waals surface area contributed by atoms with Crippen LogP contribution in [0.1, 0.15) is 22.6 Å². The standard InChI is InChI=1S/C26H16Cl2F4N2/c27-25(31)23(29,19-12-6-2-7-13-19)21(18-10-4-1-5-11-18)22(16-33,17-34)24(30,26(25,28)32)20-14-8-3-9-15-20/h1-15,21H. The zero-order valence-corrected chi connectivity index (χ0v) is 18.9. The summed E-state index contributed by atoms with van der Waals surface area (Å²) in [5.74, 6) is -2.23. The van der Waals surface area contributed by atoms with Crippen LogP contribution in [-0.2, 0) is 11.3 Å². The summed E-state index contributed by atoms with van der Waals surface area (Å²) in [4.78, 5) is 0. The van der Waals surface area contributed by atoms with E-state index in [0.717, 1.165) is 24.3 Å². The van der Waals surface area contributed by atoms with Gasteiger partial charge in [-0.3, -0.25) is 0 Å². The summed E-state index contributed by atoms with van der Waals surface area (Å²) in [7, 11) is 0. The lowest BCUT2D eigenvalue weighted by Crippen LogP contribution is -2.74. The lowest BCUT2D eigenvalue weighted by Gasteiger charge is -2.59. The second-order valence-electron chi connectivity index (χ2n) is 8.13. The van der Waals surface area contributed by atoms with Gasteiger partial charge in [0.25, 0.3) is 10.3 Å². The molecule has 5 unspecified atom stereocenters. The highest BCUT2D eigenvalue weighted by Gasteiger charge is 2.89. The maximum Gasteiger partial charge on any atom is 0.275 e. The van der Waals surface area contributed by atoms with E-state index in [0.29, 0.717) is 0 Å². The number of nitriles is 2. The zero-order valence-electron chi connectivity index (χ0n) is 17.4. The fourth-order valence-electron chi connectivity index (χ4n) is 4.91. The summed E-state index contributed by atoms with van der Waals surface area (Å²) in [6, 6.07) is 22.6. The molecular formula is C26H16Cl2F4N2. The van der Waals surface area contributed by atoms with E-state index in [-0.39, 0.29) is 5.56 Å². The first-order valence-corrected chi connectivity index (χ1v) is 10.9. The Balaban J connectivity index is 2.23. The van der Waals surface area contributed by atoms with E-state index >= 15 is 17.6 Å². The second-order valence-corrected chi connectivity index (χ2v) is 9.17. The first kappa shape index (κ1) is 24.1. The van der Waals surface area contributed by atoms with E-state index in [2.05, 4.69) is 0 Å². The average Bonchev–Trinajstić information content (AvgIpc) is 2.87. The van der Waals surface area contributed by atoms with Crippen molar-refractivity contribution >= 4 is 23.2 Å². The molecule has 172 valence electrons. The second kappa shape index (κ2) is 8.01. The summed E-state index contributed by atoms with van der Waals surface area (Å²) in [5, 5.41) is 11.9. The predicted molar refractivity (Wildman–Crippen MR) is 121 cm³/mol. The number of hydrogen-bond acceptors (Lipinski definition) is 2. The minimum absolute atomic E-state index is 0.134. The highest BCUT2D eigenvalue weighted by Crippen LogP contribution is 2.76. The van der Waals surface area contributed by atoms with E-state index in [4.69, 9.17) is 23.2 Å². The minimum atomic E-state index is -4.40. The summed E-state index contributed by atoms with van der Waals surface area (Å²) < 4.78 is 67.6. The number of benzene rings is 3. The molecular weight excluding hydrogens is 487 g/mol. The Morgan fingerprint density at radius 3 is 1.47 bits per heavy atom. The first-order chi connectivity index (χ1) is 16.1. The third-order valence-electron chi connectivity index (χ3n) is 6.51. The molecule has 34 heavy (non-hydrogen) atoms. The molecule has 0 aliphatic heterocycles. The zero-order chi connectivity index (χ0) is 24.8. The van der Waals surface area contributed by atoms with Crippen molar-refractivity contribution in [2.45, 2.75) is 27.5 Å². The molecule has 2 nitrogen and oxygen atoms in total. The molecule has 0 saturated heterocycles. The van der Waals surface area contributed by atoms with E-state index in [1.807, 2.05) is 0 Å². The summed E-state index contributed by atoms with van der Waals surface area (Å²) >= 11 is 12.0. The minimum Gasteiger partial charge on any atom is -0.233 e. The van der Waals surface area contributed by atoms with Gasteiger partial charge in [0.2, 0.25) is 5.67 Å². The Hall–Kier alpha value is -3.06. The summed E-state index contributed by atoms with van der Waals surface area (Å²) in [6.07, 6.45) is 0. The van der Waals surface area contributed by atoms with Crippen molar-refractivity contribution in [3.8, 4) is 12.1 Å². The van der Waals surface area contributed by atoms with Crippen LogP contribution in [0.15, 0.2) is 91.0 Å². The molecule has 1 aliphatic rings. The fourth-order valence-corrected chi connectivity index (χ4v) is 5.65. The van der Waals surface area contributed by atoms with Gasteiger partial charge in [-0.2, -0.15) is 10.5 Å². The average molecular weight is 503 g/mol. The van der Waals surface area contributed by atoms with E-state index in [9.17, 15) is 10.5 Å². The molecule has 4 rings (SSSR count). The molecule has 0 bridgehead atoms. The quantitative estimate of drug-likeness (QED) is 0.277. The lowest BCUT2D eigenvalue weighted by molar-refractivity contribution is -0.215. The molecule has 1 fully saturated rings. The first-order valence-electron chi connectivity index (χ1n) is 10.2. The SMILES string of the molecule is N#CC1(C#N)C(c2ccccc2)C(F)(c2ccccc2)C(F)(Cl)C(F)(Cl)C1(F)c1ccccc1. The van der Waals surface area contributed by atoms with Crippen LogP contribution >= 0.6 is 23.2 Å². The molecule has 0 aromatic heterocycles. The van der Waals surface area contributed by atoms with Crippen molar-refractivity contribution in [1.82, 2.24) is 0 Å². The van der Waals surface area contributed by atoms with E-state index in [1.165, 1.54) is 72.8 Å². The highest BCUT2D eigenvalue weighted by molar-refractivity contribution is 6.35. The van der Waals surface area contributed by atoms with Crippen molar-refractivity contribution in [2.24, 2.45) is 5.41 Å². The van der Waals surface area contributed by atoms with Crippen molar-refractivity contribution < 1.29 is 17.6 Å². The number of rotatable bonds is 3. The third kappa shape index (κ3) is 2.73. The van der Waals surface area contributed by atoms with Gasteiger partial charge in [-0.15, -0.1) is 0 Å². The Kier molecular flexibility index (Phi) is 5.67. The molecule has 0 spiro atoms. The predicted octanol–water partition coefficient (Wildman–Crippen LogP) is 7.36. The van der Waals surface area contributed by atoms with Gasteiger partial charge in [0, 0.05) is 0 Å². The van der Waals surface area contributed by atoms with Crippen LogP contribution in [0.4, 0.5) is 17.6 Å². The molecule has 3 aromatic rings. The normalized spacial score (nSPS) is 34.5. The van der Waals surface area contributed by atoms with Gasteiger partial charge in [-0.1, -0.05) is 114 Å².